The molecule has 0 radical (unpaired) electrons. The summed E-state index contributed by atoms with van der Waals surface area (Å²) >= 11 is 1.85. The summed E-state index contributed by atoms with van der Waals surface area (Å²) in [7, 11) is 0. The average Bonchev–Trinajstić information content (AvgIpc) is 2.78. The molecular weight excluding hydrogens is 284 g/mol. The Hall–Kier alpha value is -0.870. The standard InChI is InChI=1S/C12H12N2S.BrH/c1-9-11(10-5-3-2-4-6-10)14-8-7-13-12(14)15-9;/h2-6H,7-8H2,1H3;1H. The normalized spacial score (nSPS) is 12.8. The molecule has 2 aromatic rings. The van der Waals surface area contributed by atoms with E-state index in [0.29, 0.717) is 0 Å². The third-order valence-electron chi connectivity index (χ3n) is 2.76. The number of hydrogen-bond acceptors (Lipinski definition) is 2. The molecular formula is C12H13BrN2S. The Balaban J connectivity index is 0.000000963. The van der Waals surface area contributed by atoms with Crippen LogP contribution in [0.5, 0.6) is 0 Å². The lowest BCUT2D eigenvalue weighted by atomic mass is 10.1. The Morgan fingerprint density at radius 2 is 2.00 bits per heavy atom. The maximum absolute atomic E-state index is 3.41. The summed E-state index contributed by atoms with van der Waals surface area (Å²) in [5.41, 5.74) is 2.70. The van der Waals surface area contributed by atoms with E-state index in [2.05, 4.69) is 47.1 Å². The molecule has 1 aromatic heterocycles. The van der Waals surface area contributed by atoms with Gasteiger partial charge in [-0.15, -0.1) is 0 Å². The molecule has 0 saturated carbocycles. The Morgan fingerprint density at radius 1 is 1.25 bits per heavy atom. The van der Waals surface area contributed by atoms with E-state index in [0.717, 1.165) is 13.1 Å². The topological polar surface area (TPSA) is 15.9 Å². The highest BCUT2D eigenvalue weighted by atomic mass is 79.9. The lowest BCUT2D eigenvalue weighted by Gasteiger charge is -1.99. The van der Waals surface area contributed by atoms with Gasteiger partial charge in [0.25, 0.3) is 0 Å². The van der Waals surface area contributed by atoms with Gasteiger partial charge in [-0.05, 0) is 6.92 Å². The second-order valence-electron chi connectivity index (χ2n) is 3.76. The molecule has 16 heavy (non-hydrogen) atoms. The molecule has 0 atom stereocenters. The Labute approximate surface area is 110 Å². The molecule has 2 heterocycles. The van der Waals surface area contributed by atoms with Crippen molar-refractivity contribution in [3.05, 3.63) is 35.2 Å². The van der Waals surface area contributed by atoms with E-state index in [1.807, 2.05) is 11.3 Å². The molecule has 0 saturated heterocycles. The van der Waals surface area contributed by atoms with E-state index >= 15 is 0 Å². The molecule has 4 heteroatoms. The Kier molecular flexibility index (Phi) is 3.30. The number of hydrogen-bond donors (Lipinski definition) is 1. The predicted octanol–water partition coefficient (Wildman–Crippen LogP) is -0.559. The first-order valence-corrected chi connectivity index (χ1v) is 6.00. The molecule has 1 aromatic carbocycles. The van der Waals surface area contributed by atoms with Gasteiger partial charge in [-0.1, -0.05) is 41.7 Å². The van der Waals surface area contributed by atoms with Gasteiger partial charge in [-0.3, -0.25) is 5.32 Å². The molecule has 0 bridgehead atoms. The number of benzene rings is 1. The van der Waals surface area contributed by atoms with Crippen molar-refractivity contribution in [3.63, 3.8) is 0 Å². The fraction of sp³-hybridized carbons (Fsp3) is 0.250. The molecule has 1 N–H and O–H groups in total. The van der Waals surface area contributed by atoms with Crippen LogP contribution in [0.3, 0.4) is 0 Å². The molecule has 0 spiro atoms. The van der Waals surface area contributed by atoms with Gasteiger partial charge in [0.1, 0.15) is 18.8 Å². The molecule has 3 rings (SSSR count). The second-order valence-corrected chi connectivity index (χ2v) is 4.96. The molecule has 0 unspecified atom stereocenters. The van der Waals surface area contributed by atoms with Crippen molar-refractivity contribution >= 4 is 16.5 Å². The summed E-state index contributed by atoms with van der Waals surface area (Å²) in [4.78, 5) is 1.39. The zero-order valence-corrected chi connectivity index (χ0v) is 11.4. The molecule has 0 fully saturated rings. The first-order chi connectivity index (χ1) is 7.36. The van der Waals surface area contributed by atoms with Crippen molar-refractivity contribution in [2.45, 2.75) is 13.5 Å². The van der Waals surface area contributed by atoms with Gasteiger partial charge in [-0.2, -0.15) is 0 Å². The first-order valence-electron chi connectivity index (χ1n) is 5.19. The highest BCUT2D eigenvalue weighted by Gasteiger charge is 2.26. The van der Waals surface area contributed by atoms with E-state index in [4.69, 9.17) is 0 Å². The summed E-state index contributed by atoms with van der Waals surface area (Å²) in [6.45, 7) is 4.34. The van der Waals surface area contributed by atoms with Crippen molar-refractivity contribution < 1.29 is 21.5 Å². The summed E-state index contributed by atoms with van der Waals surface area (Å²) in [5, 5.41) is 4.71. The van der Waals surface area contributed by atoms with Gasteiger partial charge < -0.3 is 17.0 Å². The summed E-state index contributed by atoms with van der Waals surface area (Å²) in [5.74, 6) is 0. The monoisotopic (exact) mass is 296 g/mol. The fourth-order valence-corrected chi connectivity index (χ4v) is 3.20. The van der Waals surface area contributed by atoms with Gasteiger partial charge in [0.15, 0.2) is 0 Å². The number of nitrogens with one attached hydrogen (secondary N) is 1. The van der Waals surface area contributed by atoms with Crippen molar-refractivity contribution in [1.29, 1.82) is 0 Å². The van der Waals surface area contributed by atoms with Crippen LogP contribution in [0.4, 0.5) is 5.13 Å². The predicted molar refractivity (Wildman–Crippen MR) is 63.2 cm³/mol. The molecule has 0 amide bonds. The Morgan fingerprint density at radius 3 is 2.75 bits per heavy atom. The van der Waals surface area contributed by atoms with E-state index in [1.54, 1.807) is 0 Å². The quantitative estimate of drug-likeness (QED) is 0.698. The molecule has 0 aliphatic carbocycles. The molecule has 1 aliphatic heterocycles. The average molecular weight is 297 g/mol. The number of aromatic nitrogens is 1. The number of anilines is 1. The maximum Gasteiger partial charge on any atom is 0.334 e. The highest BCUT2D eigenvalue weighted by Crippen LogP contribution is 2.29. The number of thiazole rings is 1. The van der Waals surface area contributed by atoms with Crippen molar-refractivity contribution in [2.24, 2.45) is 0 Å². The number of fused-ring (bicyclic) bond motifs is 1. The van der Waals surface area contributed by atoms with Gasteiger partial charge in [-0.25, -0.2) is 4.57 Å². The highest BCUT2D eigenvalue weighted by molar-refractivity contribution is 7.15. The summed E-state index contributed by atoms with van der Waals surface area (Å²) in [6.07, 6.45) is 0. The lowest BCUT2D eigenvalue weighted by Crippen LogP contribution is -3.00. The van der Waals surface area contributed by atoms with Gasteiger partial charge in [0.2, 0.25) is 0 Å². The molecule has 84 valence electrons. The summed E-state index contributed by atoms with van der Waals surface area (Å²) in [6, 6.07) is 10.6. The van der Waals surface area contributed by atoms with E-state index in [-0.39, 0.29) is 17.0 Å². The van der Waals surface area contributed by atoms with Crippen LogP contribution < -0.4 is 26.9 Å². The van der Waals surface area contributed by atoms with Crippen LogP contribution in [0.25, 0.3) is 11.3 Å². The van der Waals surface area contributed by atoms with Gasteiger partial charge in [0, 0.05) is 5.56 Å². The van der Waals surface area contributed by atoms with Crippen molar-refractivity contribution in [2.75, 3.05) is 11.9 Å². The van der Waals surface area contributed by atoms with Crippen LogP contribution in [-0.2, 0) is 6.54 Å². The molecule has 2 nitrogen and oxygen atoms in total. The van der Waals surface area contributed by atoms with Crippen LogP contribution in [0.1, 0.15) is 4.88 Å². The van der Waals surface area contributed by atoms with E-state index in [1.165, 1.54) is 21.3 Å². The largest absolute Gasteiger partial charge is 1.00 e. The van der Waals surface area contributed by atoms with Crippen LogP contribution >= 0.6 is 11.3 Å². The smallest absolute Gasteiger partial charge is 0.334 e. The van der Waals surface area contributed by atoms with Crippen molar-refractivity contribution in [3.8, 4) is 11.3 Å². The van der Waals surface area contributed by atoms with Crippen LogP contribution in [0.15, 0.2) is 30.3 Å². The van der Waals surface area contributed by atoms with Gasteiger partial charge in [0.05, 0.1) is 4.88 Å². The van der Waals surface area contributed by atoms with Crippen LogP contribution in [0, 0.1) is 6.92 Å². The minimum atomic E-state index is 0. The third-order valence-corrected chi connectivity index (χ3v) is 3.81. The van der Waals surface area contributed by atoms with E-state index < -0.39 is 0 Å². The molecule has 1 aliphatic rings. The van der Waals surface area contributed by atoms with Crippen LogP contribution in [-0.4, -0.2) is 6.54 Å². The number of rotatable bonds is 1. The third kappa shape index (κ3) is 1.76. The van der Waals surface area contributed by atoms with Crippen molar-refractivity contribution in [1.82, 2.24) is 0 Å². The zero-order valence-electron chi connectivity index (χ0n) is 9.03. The second kappa shape index (κ2) is 4.55. The minimum Gasteiger partial charge on any atom is -1.00 e. The number of nitrogens with zero attached hydrogens (tertiary/aromatic N) is 1. The zero-order chi connectivity index (χ0) is 10.3. The first kappa shape index (κ1) is 11.6. The maximum atomic E-state index is 3.41. The van der Waals surface area contributed by atoms with E-state index in [9.17, 15) is 0 Å². The number of halogens is 1. The fourth-order valence-electron chi connectivity index (χ4n) is 2.11. The SMILES string of the molecule is Cc1sc2[n+](c1-c1ccccc1)CCN2.[Br-]. The summed E-state index contributed by atoms with van der Waals surface area (Å²) < 4.78 is 2.38. The lowest BCUT2D eigenvalue weighted by molar-refractivity contribution is -0.655. The van der Waals surface area contributed by atoms with Gasteiger partial charge >= 0.3 is 5.13 Å². The Bertz CT molecular complexity index is 493. The minimum absolute atomic E-state index is 0. The van der Waals surface area contributed by atoms with Crippen LogP contribution in [0.2, 0.25) is 0 Å². The number of aryl methyl sites for hydroxylation is 1.